The summed E-state index contributed by atoms with van der Waals surface area (Å²) in [6.45, 7) is 3.01. The molecule has 0 heterocycles. The SMILES string of the molecule is CC1=CC(=C(c2ccc(C(=O)O)c(O)c2C)c2c(Cl)cccc2Cl)C=C(C(=O)O)C1=O. The van der Waals surface area contributed by atoms with Gasteiger partial charge in [-0.1, -0.05) is 35.3 Å². The molecule has 8 heteroatoms. The van der Waals surface area contributed by atoms with Crippen LogP contribution in [0.25, 0.3) is 5.57 Å². The van der Waals surface area contributed by atoms with Crippen molar-refractivity contribution in [1.82, 2.24) is 0 Å². The molecule has 0 fully saturated rings. The third kappa shape index (κ3) is 4.00. The van der Waals surface area contributed by atoms with Crippen LogP contribution in [0.5, 0.6) is 5.75 Å². The van der Waals surface area contributed by atoms with Gasteiger partial charge in [-0.15, -0.1) is 0 Å². The van der Waals surface area contributed by atoms with Gasteiger partial charge in [-0.2, -0.15) is 0 Å². The van der Waals surface area contributed by atoms with E-state index in [0.717, 1.165) is 0 Å². The first kappa shape index (κ1) is 22.3. The fraction of sp³-hybridized carbons (Fsp3) is 0.0870. The normalized spacial score (nSPS) is 15.3. The van der Waals surface area contributed by atoms with Crippen LogP contribution < -0.4 is 0 Å². The summed E-state index contributed by atoms with van der Waals surface area (Å²) < 4.78 is 0. The van der Waals surface area contributed by atoms with Crippen LogP contribution in [-0.4, -0.2) is 33.0 Å². The van der Waals surface area contributed by atoms with E-state index in [1.165, 1.54) is 38.1 Å². The van der Waals surface area contributed by atoms with Crippen molar-refractivity contribution < 1.29 is 29.7 Å². The van der Waals surface area contributed by atoms with Gasteiger partial charge in [0.15, 0.2) is 5.78 Å². The molecule has 0 spiro atoms. The lowest BCUT2D eigenvalue weighted by Crippen LogP contribution is -2.17. The van der Waals surface area contributed by atoms with Gasteiger partial charge in [-0.05, 0) is 72.0 Å². The van der Waals surface area contributed by atoms with Crippen molar-refractivity contribution in [2.24, 2.45) is 0 Å². The predicted molar refractivity (Wildman–Crippen MR) is 117 cm³/mol. The van der Waals surface area contributed by atoms with Gasteiger partial charge < -0.3 is 15.3 Å². The zero-order valence-electron chi connectivity index (χ0n) is 16.4. The number of benzene rings is 2. The van der Waals surface area contributed by atoms with Crippen molar-refractivity contribution in [3.8, 4) is 5.75 Å². The Labute approximate surface area is 187 Å². The first-order chi connectivity index (χ1) is 14.5. The molecule has 3 rings (SSSR count). The Morgan fingerprint density at radius 2 is 1.45 bits per heavy atom. The number of rotatable bonds is 4. The molecule has 2 aromatic carbocycles. The molecule has 158 valence electrons. The van der Waals surface area contributed by atoms with Crippen LogP contribution in [0.3, 0.4) is 0 Å². The summed E-state index contributed by atoms with van der Waals surface area (Å²) in [5.74, 6) is -3.76. The molecule has 0 amide bonds. The summed E-state index contributed by atoms with van der Waals surface area (Å²) in [7, 11) is 0. The zero-order chi connectivity index (χ0) is 23.0. The number of allylic oxidation sites excluding steroid dienone is 4. The summed E-state index contributed by atoms with van der Waals surface area (Å²) in [6.07, 6.45) is 2.72. The molecule has 31 heavy (non-hydrogen) atoms. The van der Waals surface area contributed by atoms with Gasteiger partial charge in [0, 0.05) is 15.6 Å². The van der Waals surface area contributed by atoms with Crippen molar-refractivity contribution in [2.45, 2.75) is 13.8 Å². The molecule has 2 aromatic rings. The number of carbonyl (C=O) groups is 3. The number of hydrogen-bond donors (Lipinski definition) is 3. The maximum Gasteiger partial charge on any atom is 0.339 e. The second-order valence-corrected chi connectivity index (χ2v) is 7.70. The van der Waals surface area contributed by atoms with Gasteiger partial charge in [0.25, 0.3) is 0 Å². The molecule has 0 aliphatic heterocycles. The van der Waals surface area contributed by atoms with Crippen molar-refractivity contribution in [3.63, 3.8) is 0 Å². The summed E-state index contributed by atoms with van der Waals surface area (Å²) in [4.78, 5) is 35.3. The smallest absolute Gasteiger partial charge is 0.339 e. The van der Waals surface area contributed by atoms with Crippen molar-refractivity contribution in [3.05, 3.63) is 91.5 Å². The van der Waals surface area contributed by atoms with Crippen LogP contribution in [0.4, 0.5) is 0 Å². The Morgan fingerprint density at radius 3 is 2.00 bits per heavy atom. The second kappa shape index (κ2) is 8.41. The molecular weight excluding hydrogens is 443 g/mol. The average Bonchev–Trinajstić information content (AvgIpc) is 2.69. The highest BCUT2D eigenvalue weighted by Crippen LogP contribution is 2.42. The van der Waals surface area contributed by atoms with E-state index < -0.39 is 29.0 Å². The summed E-state index contributed by atoms with van der Waals surface area (Å²) >= 11 is 12.9. The molecule has 0 aromatic heterocycles. The third-order valence-corrected chi connectivity index (χ3v) is 5.57. The second-order valence-electron chi connectivity index (χ2n) is 6.89. The van der Waals surface area contributed by atoms with Crippen LogP contribution >= 0.6 is 23.2 Å². The highest BCUT2D eigenvalue weighted by Gasteiger charge is 2.27. The van der Waals surface area contributed by atoms with E-state index in [9.17, 15) is 29.7 Å². The van der Waals surface area contributed by atoms with Crippen molar-refractivity contribution in [2.75, 3.05) is 0 Å². The van der Waals surface area contributed by atoms with E-state index in [0.29, 0.717) is 22.3 Å². The van der Waals surface area contributed by atoms with Crippen molar-refractivity contribution in [1.29, 1.82) is 0 Å². The number of aromatic hydroxyl groups is 1. The van der Waals surface area contributed by atoms with E-state index in [1.807, 2.05) is 0 Å². The highest BCUT2D eigenvalue weighted by atomic mass is 35.5. The minimum atomic E-state index is -1.39. The number of phenols is 1. The maximum absolute atomic E-state index is 12.3. The lowest BCUT2D eigenvalue weighted by atomic mass is 9.84. The number of carboxylic acid groups (broad SMARTS) is 2. The lowest BCUT2D eigenvalue weighted by molar-refractivity contribution is -0.134. The molecule has 6 nitrogen and oxygen atoms in total. The Morgan fingerprint density at radius 1 is 0.871 bits per heavy atom. The van der Waals surface area contributed by atoms with Crippen LogP contribution in [0, 0.1) is 6.92 Å². The molecule has 0 bridgehead atoms. The zero-order valence-corrected chi connectivity index (χ0v) is 17.9. The third-order valence-electron chi connectivity index (χ3n) is 4.94. The predicted octanol–water partition coefficient (Wildman–Crippen LogP) is 5.05. The van der Waals surface area contributed by atoms with E-state index in [2.05, 4.69) is 0 Å². The van der Waals surface area contributed by atoms with Crippen LogP contribution in [0.1, 0.15) is 34.0 Å². The number of carboxylic acids is 2. The monoisotopic (exact) mass is 458 g/mol. The van der Waals surface area contributed by atoms with Gasteiger partial charge in [0.2, 0.25) is 0 Å². The molecular formula is C23H16Cl2O6. The Bertz CT molecular complexity index is 1230. The van der Waals surface area contributed by atoms with E-state index >= 15 is 0 Å². The minimum Gasteiger partial charge on any atom is -0.507 e. The first-order valence-electron chi connectivity index (χ1n) is 8.97. The standard InChI is InChI=1S/C23H16Cl2O6/c1-10-8-12(9-15(20(10)26)23(30)31)18(19-16(24)4-3-5-17(19)25)13-6-7-14(22(28)29)21(27)11(13)2/h3-9,27H,1-2H3,(H,28,29)(H,30,31). The van der Waals surface area contributed by atoms with Crippen LogP contribution in [0.15, 0.2) is 59.2 Å². The quantitative estimate of drug-likeness (QED) is 0.552. The fourth-order valence-corrected chi connectivity index (χ4v) is 3.98. The maximum atomic E-state index is 12.3. The molecule has 0 radical (unpaired) electrons. The Balaban J connectivity index is 2.48. The molecule has 1 aliphatic carbocycles. The largest absolute Gasteiger partial charge is 0.507 e. The molecule has 0 saturated heterocycles. The lowest BCUT2D eigenvalue weighted by Gasteiger charge is -2.20. The Hall–Kier alpha value is -3.35. The number of aromatic carboxylic acids is 1. The molecule has 0 atom stereocenters. The fourth-order valence-electron chi connectivity index (χ4n) is 3.39. The number of Topliss-reactive ketones (excluding diaryl/α,β-unsaturated/α-hetero) is 1. The average molecular weight is 459 g/mol. The molecule has 0 unspecified atom stereocenters. The van der Waals surface area contributed by atoms with E-state index in [1.54, 1.807) is 18.2 Å². The molecule has 3 N–H and O–H groups in total. The van der Waals surface area contributed by atoms with Gasteiger partial charge in [-0.3, -0.25) is 4.79 Å². The van der Waals surface area contributed by atoms with Crippen molar-refractivity contribution >= 4 is 46.5 Å². The summed E-state index contributed by atoms with van der Waals surface area (Å²) in [5, 5.41) is 29.7. The number of ketones is 1. The van der Waals surface area contributed by atoms with Gasteiger partial charge in [0.05, 0.1) is 0 Å². The van der Waals surface area contributed by atoms with Gasteiger partial charge in [-0.25, -0.2) is 9.59 Å². The van der Waals surface area contributed by atoms with Gasteiger partial charge in [0.1, 0.15) is 16.9 Å². The number of carbonyl (C=O) groups excluding carboxylic acids is 1. The van der Waals surface area contributed by atoms with Crippen LogP contribution in [0.2, 0.25) is 10.0 Å². The Kier molecular flexibility index (Phi) is 6.06. The highest BCUT2D eigenvalue weighted by molar-refractivity contribution is 6.38. The topological polar surface area (TPSA) is 112 Å². The molecule has 1 aliphatic rings. The summed E-state index contributed by atoms with van der Waals surface area (Å²) in [6, 6.07) is 7.54. The van der Waals surface area contributed by atoms with Crippen LogP contribution in [-0.2, 0) is 9.59 Å². The van der Waals surface area contributed by atoms with Gasteiger partial charge >= 0.3 is 11.9 Å². The minimum absolute atomic E-state index is 0.194. The van der Waals surface area contributed by atoms with E-state index in [-0.39, 0.29) is 26.7 Å². The number of aliphatic carboxylic acids is 1. The number of hydrogen-bond acceptors (Lipinski definition) is 4. The molecule has 0 saturated carbocycles. The first-order valence-corrected chi connectivity index (χ1v) is 9.73. The summed E-state index contributed by atoms with van der Waals surface area (Å²) in [5.41, 5.74) is 1.12. The number of halogens is 2. The van der Waals surface area contributed by atoms with E-state index in [4.69, 9.17) is 23.2 Å².